The molecule has 0 saturated heterocycles. The van der Waals surface area contributed by atoms with Crippen LogP contribution in [0.4, 0.5) is 5.69 Å². The van der Waals surface area contributed by atoms with Crippen LogP contribution in [0.15, 0.2) is 42.5 Å². The first kappa shape index (κ1) is 21.3. The second-order valence-corrected chi connectivity index (χ2v) is 6.53. The van der Waals surface area contributed by atoms with Gasteiger partial charge in [-0.1, -0.05) is 32.0 Å². The molecule has 150 valence electrons. The molecule has 0 saturated carbocycles. The first-order valence-electron chi connectivity index (χ1n) is 9.23. The van der Waals surface area contributed by atoms with Crippen molar-refractivity contribution in [3.8, 4) is 11.5 Å². The van der Waals surface area contributed by atoms with E-state index < -0.39 is 12.1 Å². The molecule has 1 N–H and O–H groups in total. The normalized spacial score (nSPS) is 12.6. The van der Waals surface area contributed by atoms with Gasteiger partial charge in [0.25, 0.3) is 5.91 Å². The highest BCUT2D eigenvalue weighted by Gasteiger charge is 2.21. The van der Waals surface area contributed by atoms with E-state index in [9.17, 15) is 9.59 Å². The highest BCUT2D eigenvalue weighted by Crippen LogP contribution is 2.27. The molecule has 0 aliphatic rings. The Bertz CT molecular complexity index is 811. The second-order valence-electron chi connectivity index (χ2n) is 6.53. The zero-order valence-electron chi connectivity index (χ0n) is 16.9. The van der Waals surface area contributed by atoms with Crippen LogP contribution < -0.4 is 14.8 Å². The maximum absolute atomic E-state index is 12.6. The number of amides is 1. The number of rotatable bonds is 8. The number of hydrogen-bond acceptors (Lipinski definition) is 5. The Morgan fingerprint density at radius 3 is 2.18 bits per heavy atom. The van der Waals surface area contributed by atoms with Crippen molar-refractivity contribution >= 4 is 17.6 Å². The molecule has 0 unspecified atom stereocenters. The highest BCUT2D eigenvalue weighted by molar-refractivity contribution is 5.98. The van der Waals surface area contributed by atoms with Crippen LogP contribution >= 0.6 is 0 Å². The summed E-state index contributed by atoms with van der Waals surface area (Å²) in [4.78, 5) is 25.0. The van der Waals surface area contributed by atoms with Crippen molar-refractivity contribution in [3.05, 3.63) is 53.6 Å². The number of carbonyl (C=O) groups is 2. The molecule has 0 radical (unpaired) electrons. The topological polar surface area (TPSA) is 73.9 Å². The summed E-state index contributed by atoms with van der Waals surface area (Å²) < 4.78 is 15.7. The molecule has 2 rings (SSSR count). The molecule has 28 heavy (non-hydrogen) atoms. The fraction of sp³-hybridized carbons (Fsp3) is 0.364. The minimum atomic E-state index is -0.963. The lowest BCUT2D eigenvalue weighted by Crippen LogP contribution is -2.30. The van der Waals surface area contributed by atoms with Crippen molar-refractivity contribution < 1.29 is 23.8 Å². The molecule has 0 bridgehead atoms. The van der Waals surface area contributed by atoms with Crippen molar-refractivity contribution in [2.24, 2.45) is 0 Å². The van der Waals surface area contributed by atoms with Gasteiger partial charge in [0.15, 0.2) is 6.10 Å². The molecule has 1 amide bonds. The summed E-state index contributed by atoms with van der Waals surface area (Å²) in [6.45, 7) is 5.73. The van der Waals surface area contributed by atoms with E-state index in [4.69, 9.17) is 14.2 Å². The summed E-state index contributed by atoms with van der Waals surface area (Å²) >= 11 is 0. The number of esters is 1. The fourth-order valence-corrected chi connectivity index (χ4v) is 2.70. The monoisotopic (exact) mass is 385 g/mol. The van der Waals surface area contributed by atoms with Crippen molar-refractivity contribution in [2.75, 3.05) is 19.5 Å². The Morgan fingerprint density at radius 2 is 1.61 bits per heavy atom. The first-order chi connectivity index (χ1) is 13.4. The van der Waals surface area contributed by atoms with Crippen LogP contribution in [0.2, 0.25) is 0 Å². The summed E-state index contributed by atoms with van der Waals surface area (Å²) in [7, 11) is 2.99. The third-order valence-corrected chi connectivity index (χ3v) is 4.60. The van der Waals surface area contributed by atoms with Gasteiger partial charge in [-0.3, -0.25) is 4.79 Å². The van der Waals surface area contributed by atoms with Crippen LogP contribution in [0.1, 0.15) is 49.0 Å². The lowest BCUT2D eigenvalue weighted by atomic mass is 9.97. The van der Waals surface area contributed by atoms with E-state index >= 15 is 0 Å². The van der Waals surface area contributed by atoms with Crippen LogP contribution in [-0.2, 0) is 9.53 Å². The first-order valence-corrected chi connectivity index (χ1v) is 9.23. The van der Waals surface area contributed by atoms with Gasteiger partial charge in [-0.15, -0.1) is 0 Å². The van der Waals surface area contributed by atoms with Gasteiger partial charge in [-0.25, -0.2) is 4.79 Å². The molecule has 0 heterocycles. The van der Waals surface area contributed by atoms with Gasteiger partial charge in [0.05, 0.1) is 19.8 Å². The summed E-state index contributed by atoms with van der Waals surface area (Å²) in [5.41, 5.74) is 2.03. The average molecular weight is 385 g/mol. The predicted octanol–water partition coefficient (Wildman–Crippen LogP) is 4.40. The number of anilines is 1. The Balaban J connectivity index is 2.10. The third-order valence-electron chi connectivity index (χ3n) is 4.60. The number of carbonyl (C=O) groups excluding carboxylic acids is 2. The van der Waals surface area contributed by atoms with Crippen LogP contribution in [0.5, 0.6) is 11.5 Å². The standard InChI is InChI=1S/C22H27NO5/c1-6-14(2)19-9-7-8-10-20(19)23-21(24)15(3)28-22(25)16-11-17(26-4)13-18(12-16)27-5/h7-15H,6H2,1-5H3,(H,23,24)/t14-,15-/m1/s1. The number of nitrogens with one attached hydrogen (secondary N) is 1. The number of methoxy groups -OCH3 is 2. The molecular weight excluding hydrogens is 358 g/mol. The minimum Gasteiger partial charge on any atom is -0.497 e. The molecule has 6 nitrogen and oxygen atoms in total. The molecule has 6 heteroatoms. The van der Waals surface area contributed by atoms with E-state index in [0.29, 0.717) is 17.4 Å². The third kappa shape index (κ3) is 5.25. The van der Waals surface area contributed by atoms with Crippen LogP contribution in [0, 0.1) is 0 Å². The van der Waals surface area contributed by atoms with E-state index in [1.807, 2.05) is 24.3 Å². The van der Waals surface area contributed by atoms with Crippen molar-refractivity contribution in [1.29, 1.82) is 0 Å². The van der Waals surface area contributed by atoms with E-state index in [-0.39, 0.29) is 11.5 Å². The van der Waals surface area contributed by atoms with Crippen LogP contribution in [0.3, 0.4) is 0 Å². The van der Waals surface area contributed by atoms with E-state index in [1.165, 1.54) is 33.3 Å². The molecule has 2 aromatic carbocycles. The average Bonchev–Trinajstić information content (AvgIpc) is 2.72. The van der Waals surface area contributed by atoms with Crippen molar-refractivity contribution in [3.63, 3.8) is 0 Å². The second kappa shape index (κ2) is 9.78. The molecule has 2 aromatic rings. The molecule has 2 atom stereocenters. The van der Waals surface area contributed by atoms with E-state index in [2.05, 4.69) is 19.2 Å². The Hall–Kier alpha value is -3.02. The molecular formula is C22H27NO5. The van der Waals surface area contributed by atoms with Crippen LogP contribution in [0.25, 0.3) is 0 Å². The maximum Gasteiger partial charge on any atom is 0.339 e. The molecule has 0 aliphatic carbocycles. The van der Waals surface area contributed by atoms with Crippen molar-refractivity contribution in [1.82, 2.24) is 0 Å². The minimum absolute atomic E-state index is 0.246. The molecule has 0 fully saturated rings. The Labute approximate surface area is 165 Å². The largest absolute Gasteiger partial charge is 0.497 e. The van der Waals surface area contributed by atoms with Crippen molar-refractivity contribution in [2.45, 2.75) is 39.2 Å². The SMILES string of the molecule is CC[C@@H](C)c1ccccc1NC(=O)[C@@H](C)OC(=O)c1cc(OC)cc(OC)c1. The predicted molar refractivity (Wildman–Crippen MR) is 108 cm³/mol. The summed E-state index contributed by atoms with van der Waals surface area (Å²) in [5, 5.41) is 2.86. The van der Waals surface area contributed by atoms with Gasteiger partial charge in [0.1, 0.15) is 11.5 Å². The van der Waals surface area contributed by atoms with Gasteiger partial charge in [-0.2, -0.15) is 0 Å². The fourth-order valence-electron chi connectivity index (χ4n) is 2.70. The van der Waals surface area contributed by atoms with Gasteiger partial charge in [0, 0.05) is 11.8 Å². The summed E-state index contributed by atoms with van der Waals surface area (Å²) in [5.74, 6) is 0.212. The van der Waals surface area contributed by atoms with Gasteiger partial charge >= 0.3 is 5.97 Å². The smallest absolute Gasteiger partial charge is 0.339 e. The highest BCUT2D eigenvalue weighted by atomic mass is 16.5. The number of hydrogen-bond donors (Lipinski definition) is 1. The Kier molecular flexibility index (Phi) is 7.44. The number of para-hydroxylation sites is 1. The maximum atomic E-state index is 12.6. The summed E-state index contributed by atoms with van der Waals surface area (Å²) in [6.07, 6.45) is -0.00979. The number of ether oxygens (including phenoxy) is 3. The molecule has 0 aliphatic heterocycles. The zero-order chi connectivity index (χ0) is 20.7. The molecule has 0 aromatic heterocycles. The Morgan fingerprint density at radius 1 is 1.00 bits per heavy atom. The lowest BCUT2D eigenvalue weighted by molar-refractivity contribution is -0.123. The number of benzene rings is 2. The van der Waals surface area contributed by atoms with E-state index in [0.717, 1.165) is 17.7 Å². The van der Waals surface area contributed by atoms with Gasteiger partial charge in [-0.05, 0) is 43.0 Å². The van der Waals surface area contributed by atoms with Gasteiger partial charge in [0.2, 0.25) is 0 Å². The molecule has 0 spiro atoms. The quantitative estimate of drug-likeness (QED) is 0.682. The zero-order valence-corrected chi connectivity index (χ0v) is 16.9. The van der Waals surface area contributed by atoms with Gasteiger partial charge < -0.3 is 19.5 Å². The summed E-state index contributed by atoms with van der Waals surface area (Å²) in [6, 6.07) is 12.4. The van der Waals surface area contributed by atoms with E-state index in [1.54, 1.807) is 6.07 Å². The lowest BCUT2D eigenvalue weighted by Gasteiger charge is -2.18. The van der Waals surface area contributed by atoms with Crippen LogP contribution in [-0.4, -0.2) is 32.2 Å².